The molecule has 8 rings (SSSR count). The Labute approximate surface area is 366 Å². The van der Waals surface area contributed by atoms with Crippen molar-refractivity contribution in [1.29, 1.82) is 0 Å². The Balaban J connectivity index is 0.00000528. The number of fused-ring (bicyclic) bond motifs is 3. The summed E-state index contributed by atoms with van der Waals surface area (Å²) in [6, 6.07) is 46.1. The molecule has 0 saturated heterocycles. The number of pyridine rings is 1. The van der Waals surface area contributed by atoms with Crippen molar-refractivity contribution in [3.05, 3.63) is 174 Å². The summed E-state index contributed by atoms with van der Waals surface area (Å²) in [6.45, 7) is 27.0. The Bertz CT molecular complexity index is 2640. The van der Waals surface area contributed by atoms with Gasteiger partial charge in [0.15, 0.2) is 0 Å². The van der Waals surface area contributed by atoms with Crippen molar-refractivity contribution in [3.63, 3.8) is 0 Å². The summed E-state index contributed by atoms with van der Waals surface area (Å²) in [5.41, 5.74) is 10.2. The average Bonchev–Trinajstić information content (AvgIpc) is 3.81. The fraction of sp³-hybridized carbons (Fsp3) is 0.283. The van der Waals surface area contributed by atoms with Crippen LogP contribution in [0.5, 0.6) is 11.5 Å². The number of rotatable bonds is 7. The van der Waals surface area contributed by atoms with Crippen LogP contribution in [0.2, 0.25) is 0 Å². The molecule has 0 spiro atoms. The number of aromatic nitrogens is 2. The monoisotopic (exact) mass is 958 g/mol. The molecule has 5 aromatic carbocycles. The summed E-state index contributed by atoms with van der Waals surface area (Å²) < 4.78 is 8.81. The molecule has 1 aliphatic heterocycles. The van der Waals surface area contributed by atoms with E-state index in [1.54, 1.807) is 0 Å². The quantitative estimate of drug-likeness (QED) is 0.149. The zero-order valence-corrected chi connectivity index (χ0v) is 38.5. The smallest absolute Gasteiger partial charge is 0.135 e. The Hall–Kier alpha value is -5.12. The molecule has 306 valence electrons. The van der Waals surface area contributed by atoms with Gasteiger partial charge in [-0.3, -0.25) is 0 Å². The topological polar surface area (TPSA) is 33.5 Å². The summed E-state index contributed by atoms with van der Waals surface area (Å²) in [5, 5.41) is 2.26. The molecule has 0 bridgehead atoms. The second-order valence-corrected chi connectivity index (χ2v) is 19.3. The van der Waals surface area contributed by atoms with Gasteiger partial charge in [-0.1, -0.05) is 130 Å². The van der Waals surface area contributed by atoms with E-state index in [0.29, 0.717) is 11.5 Å². The van der Waals surface area contributed by atoms with Gasteiger partial charge in [0, 0.05) is 55.4 Å². The minimum atomic E-state index is -0.221. The van der Waals surface area contributed by atoms with E-state index >= 15 is 0 Å². The molecule has 0 atom stereocenters. The van der Waals surface area contributed by atoms with Crippen molar-refractivity contribution < 1.29 is 25.8 Å². The number of hydrogen-bond acceptors (Lipinski definition) is 4. The number of ether oxygens (including phenoxy) is 1. The summed E-state index contributed by atoms with van der Waals surface area (Å²) in [6.07, 6.45) is 6.09. The van der Waals surface area contributed by atoms with Gasteiger partial charge in [0.2, 0.25) is 0 Å². The third kappa shape index (κ3) is 8.37. The molecule has 2 aromatic heterocycles. The Morgan fingerprint density at radius 1 is 0.542 bits per heavy atom. The van der Waals surface area contributed by atoms with Crippen LogP contribution >= 0.6 is 0 Å². The predicted octanol–water partition coefficient (Wildman–Crippen LogP) is 13.7. The first-order chi connectivity index (χ1) is 27.4. The Morgan fingerprint density at radius 3 is 1.88 bits per heavy atom. The number of anilines is 2. The third-order valence-corrected chi connectivity index (χ3v) is 11.5. The van der Waals surface area contributed by atoms with Gasteiger partial charge in [0.05, 0.1) is 0 Å². The van der Waals surface area contributed by atoms with E-state index < -0.39 is 0 Å². The van der Waals surface area contributed by atoms with E-state index in [0.717, 1.165) is 39.0 Å². The zero-order valence-electron chi connectivity index (χ0n) is 36.2. The first-order valence-corrected chi connectivity index (χ1v) is 20.4. The van der Waals surface area contributed by atoms with Crippen molar-refractivity contribution in [3.8, 4) is 17.3 Å². The summed E-state index contributed by atoms with van der Waals surface area (Å²) >= 11 is 0. The van der Waals surface area contributed by atoms with E-state index in [4.69, 9.17) is 9.72 Å². The fourth-order valence-electron chi connectivity index (χ4n) is 7.68. The maximum absolute atomic E-state index is 6.58. The molecular weight excluding hydrogens is 904 g/mol. The zero-order chi connectivity index (χ0) is 41.2. The SMILES string of the molecule is CC(C)(C)c1cc(N2C=CN(c3[c-]c(Oc4[c-]c5c(cc4)c4cc(C(C)(C)C)ccc4n5-c4cc(C(C)(C)c5ccccc5)ccn4)ccc3)[CH-]2)cc(C(C)(C)C)c1.[Pt]. The molecule has 0 N–H and O–H groups in total. The van der Waals surface area contributed by atoms with Crippen LogP contribution in [-0.2, 0) is 42.7 Å². The van der Waals surface area contributed by atoms with Crippen molar-refractivity contribution in [1.82, 2.24) is 9.55 Å². The minimum Gasteiger partial charge on any atom is -0.509 e. The number of hydrogen-bond donors (Lipinski definition) is 0. The number of nitrogens with zero attached hydrogens (tertiary/aromatic N) is 4. The second kappa shape index (κ2) is 15.5. The molecule has 6 heteroatoms. The van der Waals surface area contributed by atoms with Crippen LogP contribution < -0.4 is 14.5 Å². The summed E-state index contributed by atoms with van der Waals surface area (Å²) in [7, 11) is 0. The van der Waals surface area contributed by atoms with Crippen LogP contribution in [0.15, 0.2) is 128 Å². The molecule has 1 aliphatic rings. The summed E-state index contributed by atoms with van der Waals surface area (Å²) in [4.78, 5) is 9.23. The fourth-order valence-corrected chi connectivity index (χ4v) is 7.68. The van der Waals surface area contributed by atoms with Crippen molar-refractivity contribution in [2.75, 3.05) is 9.80 Å². The predicted molar refractivity (Wildman–Crippen MR) is 242 cm³/mol. The molecule has 0 aliphatic carbocycles. The second-order valence-electron chi connectivity index (χ2n) is 19.3. The van der Waals surface area contributed by atoms with Gasteiger partial charge in [0.25, 0.3) is 0 Å². The maximum Gasteiger partial charge on any atom is 0.135 e. The molecule has 0 amide bonds. The number of benzene rings is 5. The molecule has 5 nitrogen and oxygen atoms in total. The van der Waals surface area contributed by atoms with Gasteiger partial charge < -0.3 is 19.1 Å². The van der Waals surface area contributed by atoms with Gasteiger partial charge in [-0.15, -0.1) is 48.1 Å². The Kier molecular flexibility index (Phi) is 11.0. The third-order valence-electron chi connectivity index (χ3n) is 11.5. The van der Waals surface area contributed by atoms with Gasteiger partial charge in [-0.2, -0.15) is 12.1 Å². The van der Waals surface area contributed by atoms with Crippen LogP contribution in [0.4, 0.5) is 11.4 Å². The van der Waals surface area contributed by atoms with E-state index in [2.05, 4.69) is 213 Å². The van der Waals surface area contributed by atoms with Gasteiger partial charge in [-0.05, 0) is 92.2 Å². The van der Waals surface area contributed by atoms with E-state index in [-0.39, 0.29) is 42.7 Å². The molecule has 59 heavy (non-hydrogen) atoms. The van der Waals surface area contributed by atoms with Gasteiger partial charge in [0.1, 0.15) is 5.82 Å². The van der Waals surface area contributed by atoms with Crippen LogP contribution in [-0.4, -0.2) is 9.55 Å². The van der Waals surface area contributed by atoms with Crippen molar-refractivity contribution in [2.45, 2.75) is 97.8 Å². The van der Waals surface area contributed by atoms with Crippen LogP contribution in [0.1, 0.15) is 104 Å². The molecule has 0 saturated carbocycles. The van der Waals surface area contributed by atoms with E-state index in [1.807, 2.05) is 24.4 Å². The first kappa shape index (κ1) is 42.0. The molecule has 0 unspecified atom stereocenters. The Morgan fingerprint density at radius 2 is 1.20 bits per heavy atom. The first-order valence-electron chi connectivity index (χ1n) is 20.4. The van der Waals surface area contributed by atoms with Crippen LogP contribution in [0.25, 0.3) is 27.6 Å². The van der Waals surface area contributed by atoms with Crippen molar-refractivity contribution >= 4 is 33.2 Å². The van der Waals surface area contributed by atoms with E-state index in [9.17, 15) is 0 Å². The summed E-state index contributed by atoms with van der Waals surface area (Å²) in [5.74, 6) is 2.06. The largest absolute Gasteiger partial charge is 0.509 e. The minimum absolute atomic E-state index is 0. The van der Waals surface area contributed by atoms with Gasteiger partial charge >= 0.3 is 0 Å². The molecule has 0 radical (unpaired) electrons. The van der Waals surface area contributed by atoms with Crippen LogP contribution in [0.3, 0.4) is 0 Å². The standard InChI is InChI=1S/C53H55N4O.Pt/c1-50(2,3)37-20-23-47-46(31-37)45-22-21-44(34-48(45)57(47)49-32-38(24-25-54-49)53(10,11)36-16-13-12-14-17-36)58-43-19-15-18-41(33-43)55-26-27-56(35-55)42-29-39(51(4,5)6)28-40(30-42)52(7,8)9;/h12-32,35H,1-11H3;/q-3;. The molecule has 3 heterocycles. The molecular formula is C53H55N4OPt-3. The van der Waals surface area contributed by atoms with Crippen molar-refractivity contribution in [2.24, 2.45) is 0 Å². The normalized spacial score (nSPS) is 13.7. The molecule has 7 aromatic rings. The average molecular weight is 959 g/mol. The van der Waals surface area contributed by atoms with E-state index in [1.165, 1.54) is 27.8 Å². The van der Waals surface area contributed by atoms with Crippen LogP contribution in [0, 0.1) is 18.8 Å². The molecule has 0 fully saturated rings. The maximum atomic E-state index is 6.58. The van der Waals surface area contributed by atoms with Gasteiger partial charge in [-0.25, -0.2) is 4.98 Å².